The number of pyridine rings is 1. The van der Waals surface area contributed by atoms with Crippen LogP contribution in [0.2, 0.25) is 0 Å². The number of nitrogens with one attached hydrogen (secondary N) is 2. The van der Waals surface area contributed by atoms with E-state index in [9.17, 15) is 18.4 Å². The number of halogens is 2. The number of likely N-dealkylation sites (N-methyl/N-ethyl adjacent to an activating group) is 1. The van der Waals surface area contributed by atoms with Gasteiger partial charge in [-0.2, -0.15) is 0 Å². The minimum atomic E-state index is -0.784. The number of rotatable bonds is 7. The van der Waals surface area contributed by atoms with Gasteiger partial charge in [-0.25, -0.2) is 13.8 Å². The van der Waals surface area contributed by atoms with Crippen molar-refractivity contribution in [1.82, 2.24) is 14.8 Å². The van der Waals surface area contributed by atoms with Crippen LogP contribution in [0.4, 0.5) is 20.2 Å². The van der Waals surface area contributed by atoms with Crippen LogP contribution in [0.3, 0.4) is 0 Å². The van der Waals surface area contributed by atoms with E-state index in [4.69, 9.17) is 14.5 Å². The maximum absolute atomic E-state index is 14.7. The van der Waals surface area contributed by atoms with Crippen molar-refractivity contribution in [3.05, 3.63) is 76.3 Å². The van der Waals surface area contributed by atoms with E-state index in [0.717, 1.165) is 67.3 Å². The second-order valence-electron chi connectivity index (χ2n) is 10.1. The van der Waals surface area contributed by atoms with Gasteiger partial charge in [-0.05, 0) is 42.9 Å². The molecule has 4 aromatic rings. The van der Waals surface area contributed by atoms with Gasteiger partial charge in [0.2, 0.25) is 0 Å². The zero-order chi connectivity index (χ0) is 29.2. The molecule has 0 atom stereocenters. The van der Waals surface area contributed by atoms with Crippen molar-refractivity contribution < 1.29 is 30.7 Å². The number of amides is 2. The molecule has 2 aliphatic heterocycles. The summed E-state index contributed by atoms with van der Waals surface area (Å²) in [5.74, 6) is -2.24. The molecule has 222 valence electrons. The molecule has 2 aromatic heterocycles. The minimum Gasteiger partial charge on any atom is -0.486 e. The van der Waals surface area contributed by atoms with Crippen LogP contribution in [0.15, 0.2) is 48.5 Å². The molecule has 1 saturated heterocycles. The second-order valence-corrected chi connectivity index (χ2v) is 11.1. The van der Waals surface area contributed by atoms with Crippen molar-refractivity contribution in [3.63, 3.8) is 0 Å². The summed E-state index contributed by atoms with van der Waals surface area (Å²) >= 11 is 1.23. The van der Waals surface area contributed by atoms with Crippen LogP contribution >= 0.6 is 11.3 Å². The maximum Gasteiger partial charge on any atom is 0.265 e. The third kappa shape index (κ3) is 6.06. The van der Waals surface area contributed by atoms with E-state index in [1.165, 1.54) is 29.5 Å². The molecule has 6 rings (SSSR count). The Labute approximate surface area is 248 Å². The number of piperazine rings is 1. The van der Waals surface area contributed by atoms with Gasteiger partial charge in [-0.3, -0.25) is 14.5 Å². The summed E-state index contributed by atoms with van der Waals surface area (Å²) in [5, 5.41) is 5.95. The molecule has 2 N–H and O–H groups in total. The fourth-order valence-electron chi connectivity index (χ4n) is 4.97. The fourth-order valence-corrected chi connectivity index (χ4v) is 5.91. The zero-order valence-electron chi connectivity index (χ0n) is 22.9. The van der Waals surface area contributed by atoms with Crippen molar-refractivity contribution in [1.29, 1.82) is 0 Å². The van der Waals surface area contributed by atoms with E-state index in [1.54, 1.807) is 6.07 Å². The van der Waals surface area contributed by atoms with Crippen LogP contribution in [0.5, 0.6) is 11.5 Å². The summed E-state index contributed by atoms with van der Waals surface area (Å²) in [6.45, 7) is 8.61. The largest absolute Gasteiger partial charge is 0.486 e. The number of nitrogens with zero attached hydrogens (tertiary/aromatic N) is 3. The summed E-state index contributed by atoms with van der Waals surface area (Å²) in [6.07, 6.45) is 0. The molecule has 2 aromatic carbocycles. The van der Waals surface area contributed by atoms with Crippen LogP contribution in [-0.2, 0) is 6.54 Å². The average Bonchev–Trinajstić information content (AvgIpc) is 3.42. The Bertz CT molecular complexity index is 1670. The van der Waals surface area contributed by atoms with Gasteiger partial charge in [-0.1, -0.05) is 13.0 Å². The highest BCUT2D eigenvalue weighted by Crippen LogP contribution is 2.33. The molecule has 2 aliphatic rings. The number of thiophene rings is 1. The predicted octanol–water partition coefficient (Wildman–Crippen LogP) is 5.48. The van der Waals surface area contributed by atoms with Crippen molar-refractivity contribution in [2.75, 3.05) is 56.6 Å². The fraction of sp³-hybridized carbons (Fsp3) is 0.300. The van der Waals surface area contributed by atoms with Gasteiger partial charge in [0, 0.05) is 52.7 Å². The number of anilines is 2. The van der Waals surface area contributed by atoms with Crippen LogP contribution in [0.25, 0.3) is 10.2 Å². The molecular formula is C30H33F2N5O4S. The van der Waals surface area contributed by atoms with Gasteiger partial charge >= 0.3 is 0 Å². The topological polar surface area (TPSA) is 96.0 Å². The monoisotopic (exact) mass is 597 g/mol. The van der Waals surface area contributed by atoms with E-state index >= 15 is 0 Å². The Morgan fingerprint density at radius 2 is 1.64 bits per heavy atom. The zero-order valence-corrected chi connectivity index (χ0v) is 23.7. The number of benzene rings is 2. The molecule has 4 heterocycles. The highest BCUT2D eigenvalue weighted by molar-refractivity contribution is 7.20. The standard InChI is InChI=1S/C30H29F2N5O4S.2H2/c1-2-36-7-9-37(10-8-36)17-20-4-3-18-13-27(42-30(18)34-20)29(39)35-24-14-19(5-6-22(24)31)33-28(38)21-15-25-26(16-23(21)32)41-12-11-40-25;;/h3-6,13-16H,2,7-12,17H2,1H3,(H,33,38)(H,35,39);2*1H. The van der Waals surface area contributed by atoms with Crippen LogP contribution in [0.1, 0.15) is 35.5 Å². The predicted molar refractivity (Wildman–Crippen MR) is 161 cm³/mol. The summed E-state index contributed by atoms with van der Waals surface area (Å²) in [7, 11) is 0. The smallest absolute Gasteiger partial charge is 0.265 e. The molecule has 2 amide bonds. The first-order valence-corrected chi connectivity index (χ1v) is 14.5. The molecule has 0 aliphatic carbocycles. The average molecular weight is 598 g/mol. The number of carbonyl (C=O) groups excluding carboxylic acids is 2. The quantitative estimate of drug-likeness (QED) is 0.291. The summed E-state index contributed by atoms with van der Waals surface area (Å²) in [5.41, 5.74) is 0.728. The highest BCUT2D eigenvalue weighted by Gasteiger charge is 2.21. The molecule has 0 unspecified atom stereocenters. The molecular weight excluding hydrogens is 564 g/mol. The first-order chi connectivity index (χ1) is 20.4. The Kier molecular flexibility index (Phi) is 8.00. The van der Waals surface area contributed by atoms with Gasteiger partial charge in [0.05, 0.1) is 21.8 Å². The molecule has 42 heavy (non-hydrogen) atoms. The van der Waals surface area contributed by atoms with E-state index in [-0.39, 0.29) is 44.5 Å². The third-order valence-corrected chi connectivity index (χ3v) is 8.35. The number of aromatic nitrogens is 1. The Morgan fingerprint density at radius 3 is 2.40 bits per heavy atom. The normalized spacial score (nSPS) is 15.5. The lowest BCUT2D eigenvalue weighted by Gasteiger charge is -2.33. The molecule has 0 bridgehead atoms. The van der Waals surface area contributed by atoms with Gasteiger partial charge in [0.1, 0.15) is 29.7 Å². The van der Waals surface area contributed by atoms with Gasteiger partial charge in [-0.15, -0.1) is 11.3 Å². The highest BCUT2D eigenvalue weighted by atomic mass is 32.1. The first-order valence-electron chi connectivity index (χ1n) is 13.7. The number of fused-ring (bicyclic) bond motifs is 2. The van der Waals surface area contributed by atoms with E-state index in [2.05, 4.69) is 27.4 Å². The van der Waals surface area contributed by atoms with Gasteiger partial charge in [0.25, 0.3) is 11.8 Å². The second kappa shape index (κ2) is 12.0. The van der Waals surface area contributed by atoms with Crippen LogP contribution in [0, 0.1) is 11.6 Å². The molecule has 1 fully saturated rings. The van der Waals surface area contributed by atoms with Crippen LogP contribution < -0.4 is 20.1 Å². The lowest BCUT2D eigenvalue weighted by molar-refractivity contribution is 0.101. The van der Waals surface area contributed by atoms with E-state index in [1.807, 2.05) is 12.1 Å². The molecule has 12 heteroatoms. The molecule has 0 saturated carbocycles. The summed E-state index contributed by atoms with van der Waals surface area (Å²) in [4.78, 5) is 36.5. The molecule has 9 nitrogen and oxygen atoms in total. The summed E-state index contributed by atoms with van der Waals surface area (Å²) in [6, 6.07) is 11.7. The number of hydrogen-bond acceptors (Lipinski definition) is 8. The number of hydrogen-bond donors (Lipinski definition) is 2. The lowest BCUT2D eigenvalue weighted by atomic mass is 10.1. The Hall–Kier alpha value is -4.13. The third-order valence-electron chi connectivity index (χ3n) is 7.31. The minimum absolute atomic E-state index is 0. The Balaban J connectivity index is 0.00000221. The lowest BCUT2D eigenvalue weighted by Crippen LogP contribution is -2.45. The number of carbonyl (C=O) groups is 2. The molecule has 0 radical (unpaired) electrons. The van der Waals surface area contributed by atoms with Crippen molar-refractivity contribution in [3.8, 4) is 11.5 Å². The number of ether oxygens (including phenoxy) is 2. The maximum atomic E-state index is 14.7. The first kappa shape index (κ1) is 28.0. The van der Waals surface area contributed by atoms with Crippen molar-refractivity contribution in [2.45, 2.75) is 13.5 Å². The van der Waals surface area contributed by atoms with Crippen LogP contribution in [-0.4, -0.2) is 72.5 Å². The Morgan fingerprint density at radius 1 is 0.905 bits per heavy atom. The van der Waals surface area contributed by atoms with Gasteiger partial charge in [0.15, 0.2) is 11.5 Å². The molecule has 0 spiro atoms. The van der Waals surface area contributed by atoms with Gasteiger partial charge < -0.3 is 25.0 Å². The van der Waals surface area contributed by atoms with E-state index < -0.39 is 23.4 Å². The summed E-state index contributed by atoms with van der Waals surface area (Å²) < 4.78 is 40.0. The van der Waals surface area contributed by atoms with Crippen molar-refractivity contribution in [2.24, 2.45) is 0 Å². The van der Waals surface area contributed by atoms with E-state index in [0.29, 0.717) is 4.88 Å². The van der Waals surface area contributed by atoms with Crippen molar-refractivity contribution >= 4 is 44.7 Å². The SMILES string of the molecule is CCN1CCN(Cc2ccc3cc(C(=O)Nc4cc(NC(=O)c5cc6c(cc5F)OCCO6)ccc4F)sc3n2)CC1.[HH].[HH].